The maximum absolute atomic E-state index is 11.3. The van der Waals surface area contributed by atoms with Crippen molar-refractivity contribution in [2.75, 3.05) is 5.32 Å². The average Bonchev–Trinajstić information content (AvgIpc) is 2.46. The van der Waals surface area contributed by atoms with E-state index in [1.165, 1.54) is 11.6 Å². The van der Waals surface area contributed by atoms with Gasteiger partial charge in [-0.1, -0.05) is 26.0 Å². The van der Waals surface area contributed by atoms with E-state index in [1.807, 2.05) is 18.2 Å². The minimum atomic E-state index is -0.539. The highest BCUT2D eigenvalue weighted by Gasteiger charge is 2.04. The van der Waals surface area contributed by atoms with E-state index in [4.69, 9.17) is 5.26 Å². The van der Waals surface area contributed by atoms with Gasteiger partial charge in [-0.2, -0.15) is 10.2 Å². The fourth-order valence-electron chi connectivity index (χ4n) is 1.86. The van der Waals surface area contributed by atoms with Gasteiger partial charge < -0.3 is 5.32 Å². The standard InChI is InChI=1S/C15H16N4O/c1-3-10(2)11-4-6-12(7-5-11)17-14-8-13(9-16)18-15(20)19-14/h4-8,10H,3H2,1-2H3,(H2,17,18,19,20). The first-order valence-electron chi connectivity index (χ1n) is 6.51. The van der Waals surface area contributed by atoms with E-state index in [2.05, 4.69) is 41.3 Å². The van der Waals surface area contributed by atoms with Crippen LogP contribution in [0, 0.1) is 11.3 Å². The number of benzene rings is 1. The highest BCUT2D eigenvalue weighted by Crippen LogP contribution is 2.21. The number of hydrogen-bond acceptors (Lipinski definition) is 4. The molecule has 1 unspecified atom stereocenters. The Bertz CT molecular complexity index is 682. The summed E-state index contributed by atoms with van der Waals surface area (Å²) in [6.07, 6.45) is 1.09. The molecule has 5 nitrogen and oxygen atoms in total. The van der Waals surface area contributed by atoms with Crippen molar-refractivity contribution in [3.8, 4) is 6.07 Å². The summed E-state index contributed by atoms with van der Waals surface area (Å²) in [6.45, 7) is 4.33. The monoisotopic (exact) mass is 268 g/mol. The number of nitrogens with zero attached hydrogens (tertiary/aromatic N) is 2. The van der Waals surface area contributed by atoms with Crippen LogP contribution in [0.4, 0.5) is 11.5 Å². The van der Waals surface area contributed by atoms with Crippen molar-refractivity contribution in [3.63, 3.8) is 0 Å². The van der Waals surface area contributed by atoms with Gasteiger partial charge in [-0.25, -0.2) is 4.79 Å². The van der Waals surface area contributed by atoms with Crippen LogP contribution in [0.25, 0.3) is 0 Å². The smallest absolute Gasteiger partial charge is 0.340 e. The molecule has 5 heteroatoms. The average molecular weight is 268 g/mol. The third-order valence-corrected chi connectivity index (χ3v) is 3.23. The van der Waals surface area contributed by atoms with Gasteiger partial charge in [0, 0.05) is 11.8 Å². The minimum absolute atomic E-state index is 0.184. The lowest BCUT2D eigenvalue weighted by Gasteiger charge is -2.10. The third kappa shape index (κ3) is 3.23. The fourth-order valence-corrected chi connectivity index (χ4v) is 1.86. The molecule has 0 spiro atoms. The molecular formula is C15H16N4O. The van der Waals surface area contributed by atoms with Gasteiger partial charge in [0.25, 0.3) is 0 Å². The molecule has 20 heavy (non-hydrogen) atoms. The summed E-state index contributed by atoms with van der Waals surface area (Å²) in [5, 5.41) is 11.8. The Labute approximate surface area is 117 Å². The molecule has 102 valence electrons. The summed E-state index contributed by atoms with van der Waals surface area (Å²) in [6, 6.07) is 11.4. The van der Waals surface area contributed by atoms with Crippen molar-refractivity contribution in [1.29, 1.82) is 5.26 Å². The maximum Gasteiger partial charge on any atom is 0.347 e. The fraction of sp³-hybridized carbons (Fsp3) is 0.267. The minimum Gasteiger partial charge on any atom is -0.340 e. The number of aromatic nitrogens is 2. The van der Waals surface area contributed by atoms with Crippen LogP contribution in [0.3, 0.4) is 0 Å². The van der Waals surface area contributed by atoms with Gasteiger partial charge in [-0.3, -0.25) is 4.98 Å². The number of nitrogens with one attached hydrogen (secondary N) is 2. The zero-order valence-electron chi connectivity index (χ0n) is 11.5. The number of hydrogen-bond donors (Lipinski definition) is 2. The Morgan fingerprint density at radius 2 is 2.10 bits per heavy atom. The van der Waals surface area contributed by atoms with E-state index < -0.39 is 5.69 Å². The molecule has 0 aliphatic heterocycles. The topological polar surface area (TPSA) is 81.6 Å². The second-order valence-electron chi connectivity index (χ2n) is 4.65. The van der Waals surface area contributed by atoms with E-state index >= 15 is 0 Å². The van der Waals surface area contributed by atoms with Crippen LogP contribution in [0.1, 0.15) is 37.4 Å². The second-order valence-corrected chi connectivity index (χ2v) is 4.65. The number of aromatic amines is 1. The lowest BCUT2D eigenvalue weighted by atomic mass is 9.99. The zero-order chi connectivity index (χ0) is 14.5. The van der Waals surface area contributed by atoms with Gasteiger partial charge in [-0.05, 0) is 30.0 Å². The summed E-state index contributed by atoms with van der Waals surface area (Å²) in [5.74, 6) is 0.883. The van der Waals surface area contributed by atoms with Crippen molar-refractivity contribution in [3.05, 3.63) is 52.1 Å². The van der Waals surface area contributed by atoms with Crippen LogP contribution >= 0.6 is 0 Å². The summed E-state index contributed by atoms with van der Waals surface area (Å²) in [4.78, 5) is 17.4. The van der Waals surface area contributed by atoms with Crippen molar-refractivity contribution >= 4 is 11.5 Å². The van der Waals surface area contributed by atoms with Crippen LogP contribution in [0.5, 0.6) is 0 Å². The van der Waals surface area contributed by atoms with E-state index in [-0.39, 0.29) is 5.69 Å². The van der Waals surface area contributed by atoms with E-state index in [0.717, 1.165) is 12.1 Å². The van der Waals surface area contributed by atoms with Gasteiger partial charge in [0.15, 0.2) is 0 Å². The Balaban J connectivity index is 2.20. The third-order valence-electron chi connectivity index (χ3n) is 3.23. The molecule has 0 fully saturated rings. The van der Waals surface area contributed by atoms with E-state index in [1.54, 1.807) is 0 Å². The molecule has 0 bridgehead atoms. The summed E-state index contributed by atoms with van der Waals surface area (Å²) < 4.78 is 0. The first kappa shape index (κ1) is 13.8. The predicted octanol–water partition coefficient (Wildman–Crippen LogP) is 2.90. The molecule has 2 rings (SSSR count). The lowest BCUT2D eigenvalue weighted by Crippen LogP contribution is -2.13. The molecule has 1 heterocycles. The first-order chi connectivity index (χ1) is 9.62. The molecule has 1 aromatic heterocycles. The van der Waals surface area contributed by atoms with Gasteiger partial charge in [0.2, 0.25) is 0 Å². The van der Waals surface area contributed by atoms with Crippen molar-refractivity contribution in [2.24, 2.45) is 0 Å². The zero-order valence-corrected chi connectivity index (χ0v) is 11.5. The van der Waals surface area contributed by atoms with E-state index in [0.29, 0.717) is 11.7 Å². The SMILES string of the molecule is CCC(C)c1ccc(Nc2cc(C#N)[nH]c(=O)n2)cc1. The quantitative estimate of drug-likeness (QED) is 0.893. The van der Waals surface area contributed by atoms with Crippen molar-refractivity contribution < 1.29 is 0 Å². The molecule has 0 saturated heterocycles. The maximum atomic E-state index is 11.3. The van der Waals surface area contributed by atoms with Gasteiger partial charge in [0.1, 0.15) is 17.6 Å². The first-order valence-corrected chi connectivity index (χ1v) is 6.51. The Morgan fingerprint density at radius 3 is 2.70 bits per heavy atom. The molecule has 0 amide bonds. The van der Waals surface area contributed by atoms with Gasteiger partial charge >= 0.3 is 5.69 Å². The number of anilines is 2. The number of rotatable bonds is 4. The van der Waals surface area contributed by atoms with E-state index in [9.17, 15) is 4.79 Å². The summed E-state index contributed by atoms with van der Waals surface area (Å²) >= 11 is 0. The number of H-pyrrole nitrogens is 1. The Morgan fingerprint density at radius 1 is 1.40 bits per heavy atom. The van der Waals surface area contributed by atoms with Gasteiger partial charge in [0.05, 0.1) is 0 Å². The molecule has 0 aliphatic rings. The highest BCUT2D eigenvalue weighted by atomic mass is 16.1. The van der Waals surface area contributed by atoms with Crippen LogP contribution in [-0.4, -0.2) is 9.97 Å². The summed E-state index contributed by atoms with van der Waals surface area (Å²) in [5.41, 5.74) is 1.75. The molecule has 0 aliphatic carbocycles. The molecule has 2 aromatic rings. The Kier molecular flexibility index (Phi) is 4.16. The predicted molar refractivity (Wildman–Crippen MR) is 78.0 cm³/mol. The molecule has 1 aromatic carbocycles. The van der Waals surface area contributed by atoms with Crippen LogP contribution in [0.2, 0.25) is 0 Å². The van der Waals surface area contributed by atoms with Crippen molar-refractivity contribution in [2.45, 2.75) is 26.2 Å². The Hall–Kier alpha value is -2.61. The lowest BCUT2D eigenvalue weighted by molar-refractivity contribution is 0.734. The largest absolute Gasteiger partial charge is 0.347 e. The van der Waals surface area contributed by atoms with Crippen LogP contribution in [0.15, 0.2) is 35.1 Å². The van der Waals surface area contributed by atoms with Crippen LogP contribution < -0.4 is 11.0 Å². The molecule has 0 saturated carbocycles. The second kappa shape index (κ2) is 6.02. The number of nitriles is 1. The van der Waals surface area contributed by atoms with Crippen LogP contribution in [-0.2, 0) is 0 Å². The molecule has 2 N–H and O–H groups in total. The normalized spacial score (nSPS) is 11.7. The summed E-state index contributed by atoms with van der Waals surface area (Å²) in [7, 11) is 0. The molecule has 1 atom stereocenters. The molecule has 0 radical (unpaired) electrons. The van der Waals surface area contributed by atoms with Crippen molar-refractivity contribution in [1.82, 2.24) is 9.97 Å². The highest BCUT2D eigenvalue weighted by molar-refractivity contribution is 5.57. The molecular weight excluding hydrogens is 252 g/mol. The van der Waals surface area contributed by atoms with Gasteiger partial charge in [-0.15, -0.1) is 0 Å².